The maximum absolute atomic E-state index is 9.12. The van der Waals surface area contributed by atoms with Crippen molar-refractivity contribution in [2.24, 2.45) is 11.3 Å². The third-order valence-electron chi connectivity index (χ3n) is 3.48. The standard InChI is InChI=1S/C15H32O4/c1-14(2)8-6-4-3-5-7-9-19-13-15(10-16,11-17)12-18/h14,16-18H,3-13H2,1-2H3. The third-order valence-corrected chi connectivity index (χ3v) is 3.48. The van der Waals surface area contributed by atoms with E-state index in [0.717, 1.165) is 18.8 Å². The molecule has 0 bridgehead atoms. The molecule has 0 saturated carbocycles. The minimum atomic E-state index is -0.892. The van der Waals surface area contributed by atoms with E-state index in [-0.39, 0.29) is 26.4 Å². The van der Waals surface area contributed by atoms with Gasteiger partial charge in [0.05, 0.1) is 31.8 Å². The molecule has 4 heteroatoms. The molecule has 0 atom stereocenters. The fourth-order valence-corrected chi connectivity index (χ4v) is 1.86. The number of aliphatic hydroxyl groups excluding tert-OH is 3. The molecule has 0 fully saturated rings. The summed E-state index contributed by atoms with van der Waals surface area (Å²) in [5.74, 6) is 0.798. The van der Waals surface area contributed by atoms with Crippen molar-refractivity contribution in [3.63, 3.8) is 0 Å². The Labute approximate surface area is 117 Å². The van der Waals surface area contributed by atoms with Gasteiger partial charge in [0.2, 0.25) is 0 Å². The normalized spacial score (nSPS) is 12.3. The number of hydrogen-bond donors (Lipinski definition) is 3. The number of unbranched alkanes of at least 4 members (excludes halogenated alkanes) is 4. The Morgan fingerprint density at radius 3 is 1.89 bits per heavy atom. The highest BCUT2D eigenvalue weighted by atomic mass is 16.5. The Morgan fingerprint density at radius 1 is 0.842 bits per heavy atom. The van der Waals surface area contributed by atoms with E-state index in [1.54, 1.807) is 0 Å². The van der Waals surface area contributed by atoms with E-state index in [9.17, 15) is 0 Å². The van der Waals surface area contributed by atoms with E-state index in [1.807, 2.05) is 0 Å². The highest BCUT2D eigenvalue weighted by Crippen LogP contribution is 2.15. The van der Waals surface area contributed by atoms with Crippen LogP contribution in [0, 0.1) is 11.3 Å². The molecule has 4 nitrogen and oxygen atoms in total. The van der Waals surface area contributed by atoms with E-state index in [4.69, 9.17) is 20.1 Å². The number of rotatable bonds is 13. The van der Waals surface area contributed by atoms with Crippen molar-refractivity contribution in [3.05, 3.63) is 0 Å². The maximum Gasteiger partial charge on any atom is 0.0629 e. The minimum absolute atomic E-state index is 0.212. The molecule has 0 heterocycles. The van der Waals surface area contributed by atoms with Crippen molar-refractivity contribution in [2.45, 2.75) is 52.4 Å². The average Bonchev–Trinajstić information content (AvgIpc) is 2.41. The molecule has 19 heavy (non-hydrogen) atoms. The molecule has 0 aliphatic heterocycles. The molecule has 3 N–H and O–H groups in total. The highest BCUT2D eigenvalue weighted by Gasteiger charge is 2.28. The van der Waals surface area contributed by atoms with Crippen molar-refractivity contribution in [1.29, 1.82) is 0 Å². The lowest BCUT2D eigenvalue weighted by molar-refractivity contribution is -0.0582. The molecule has 0 spiro atoms. The van der Waals surface area contributed by atoms with Gasteiger partial charge in [-0.05, 0) is 12.3 Å². The van der Waals surface area contributed by atoms with Crippen LogP contribution in [-0.2, 0) is 4.74 Å². The van der Waals surface area contributed by atoms with E-state index in [0.29, 0.717) is 6.61 Å². The molecule has 0 rings (SSSR count). The smallest absolute Gasteiger partial charge is 0.0629 e. The van der Waals surface area contributed by atoms with Gasteiger partial charge in [-0.2, -0.15) is 0 Å². The number of ether oxygens (including phenoxy) is 1. The molecule has 0 saturated heterocycles. The van der Waals surface area contributed by atoms with Gasteiger partial charge in [0.1, 0.15) is 0 Å². The average molecular weight is 276 g/mol. The van der Waals surface area contributed by atoms with Crippen LogP contribution in [0.3, 0.4) is 0 Å². The summed E-state index contributed by atoms with van der Waals surface area (Å²) >= 11 is 0. The van der Waals surface area contributed by atoms with Crippen LogP contribution in [-0.4, -0.2) is 48.4 Å². The molecule has 0 aromatic carbocycles. The Hall–Kier alpha value is -0.160. The number of hydrogen-bond acceptors (Lipinski definition) is 4. The summed E-state index contributed by atoms with van der Waals surface area (Å²) in [6.45, 7) is 4.59. The fourth-order valence-electron chi connectivity index (χ4n) is 1.86. The predicted molar refractivity (Wildman–Crippen MR) is 77.0 cm³/mol. The summed E-state index contributed by atoms with van der Waals surface area (Å²) in [4.78, 5) is 0. The summed E-state index contributed by atoms with van der Waals surface area (Å²) in [5, 5.41) is 27.4. The van der Waals surface area contributed by atoms with Crippen molar-refractivity contribution >= 4 is 0 Å². The first-order chi connectivity index (χ1) is 9.10. The summed E-state index contributed by atoms with van der Waals surface area (Å²) in [6.07, 6.45) is 7.29. The lowest BCUT2D eigenvalue weighted by atomic mass is 9.93. The Bertz CT molecular complexity index is 182. The molecule has 0 radical (unpaired) electrons. The fraction of sp³-hybridized carbons (Fsp3) is 1.00. The van der Waals surface area contributed by atoms with E-state index >= 15 is 0 Å². The van der Waals surface area contributed by atoms with Crippen LogP contribution in [0.15, 0.2) is 0 Å². The van der Waals surface area contributed by atoms with Crippen LogP contribution < -0.4 is 0 Å². The van der Waals surface area contributed by atoms with Gasteiger partial charge in [-0.3, -0.25) is 0 Å². The second kappa shape index (κ2) is 11.6. The molecule has 0 aromatic heterocycles. The first kappa shape index (κ1) is 18.8. The molecule has 0 aromatic rings. The van der Waals surface area contributed by atoms with Crippen LogP contribution >= 0.6 is 0 Å². The lowest BCUT2D eigenvalue weighted by Crippen LogP contribution is -2.38. The van der Waals surface area contributed by atoms with Gasteiger partial charge in [-0.1, -0.05) is 46.0 Å². The van der Waals surface area contributed by atoms with Gasteiger partial charge < -0.3 is 20.1 Å². The molecule has 0 aliphatic rings. The molecule has 0 amide bonds. The summed E-state index contributed by atoms with van der Waals surface area (Å²) in [7, 11) is 0. The molecular weight excluding hydrogens is 244 g/mol. The Morgan fingerprint density at radius 2 is 1.37 bits per heavy atom. The summed E-state index contributed by atoms with van der Waals surface area (Å²) in [5.41, 5.74) is -0.892. The van der Waals surface area contributed by atoms with Crippen LogP contribution in [0.5, 0.6) is 0 Å². The first-order valence-electron chi connectivity index (χ1n) is 7.50. The second-order valence-corrected chi connectivity index (χ2v) is 5.98. The van der Waals surface area contributed by atoms with Gasteiger partial charge in [0, 0.05) is 6.61 Å². The van der Waals surface area contributed by atoms with Crippen LogP contribution in [0.4, 0.5) is 0 Å². The van der Waals surface area contributed by atoms with Crippen molar-refractivity contribution in [2.75, 3.05) is 33.0 Å². The zero-order valence-electron chi connectivity index (χ0n) is 12.6. The number of aliphatic hydroxyl groups is 3. The molecular formula is C15H32O4. The largest absolute Gasteiger partial charge is 0.396 e. The van der Waals surface area contributed by atoms with Crippen molar-refractivity contribution < 1.29 is 20.1 Å². The zero-order valence-corrected chi connectivity index (χ0v) is 12.6. The minimum Gasteiger partial charge on any atom is -0.396 e. The quantitative estimate of drug-likeness (QED) is 0.450. The van der Waals surface area contributed by atoms with Crippen molar-refractivity contribution in [1.82, 2.24) is 0 Å². The lowest BCUT2D eigenvalue weighted by Gasteiger charge is -2.26. The molecule has 0 aliphatic carbocycles. The van der Waals surface area contributed by atoms with Gasteiger partial charge in [0.15, 0.2) is 0 Å². The van der Waals surface area contributed by atoms with Crippen LogP contribution in [0.2, 0.25) is 0 Å². The summed E-state index contributed by atoms with van der Waals surface area (Å²) < 4.78 is 5.44. The topological polar surface area (TPSA) is 69.9 Å². The third kappa shape index (κ3) is 9.38. The SMILES string of the molecule is CC(C)CCCCCCCOCC(CO)(CO)CO. The van der Waals surface area contributed by atoms with E-state index < -0.39 is 5.41 Å². The highest BCUT2D eigenvalue weighted by molar-refractivity contribution is 4.76. The molecule has 116 valence electrons. The zero-order chi connectivity index (χ0) is 14.6. The Kier molecular flexibility index (Phi) is 11.6. The monoisotopic (exact) mass is 276 g/mol. The van der Waals surface area contributed by atoms with Gasteiger partial charge in [0.25, 0.3) is 0 Å². The van der Waals surface area contributed by atoms with Crippen molar-refractivity contribution in [3.8, 4) is 0 Å². The van der Waals surface area contributed by atoms with E-state index in [2.05, 4.69) is 13.8 Å². The Balaban J connectivity index is 3.40. The maximum atomic E-state index is 9.12. The van der Waals surface area contributed by atoms with Crippen LogP contribution in [0.1, 0.15) is 52.4 Å². The predicted octanol–water partition coefficient (Wildman–Crippen LogP) is 1.96. The van der Waals surface area contributed by atoms with Crippen LogP contribution in [0.25, 0.3) is 0 Å². The summed E-state index contributed by atoms with van der Waals surface area (Å²) in [6, 6.07) is 0. The molecule has 0 unspecified atom stereocenters. The van der Waals surface area contributed by atoms with E-state index in [1.165, 1.54) is 25.7 Å². The van der Waals surface area contributed by atoms with Gasteiger partial charge in [-0.25, -0.2) is 0 Å². The van der Waals surface area contributed by atoms with Gasteiger partial charge >= 0.3 is 0 Å². The first-order valence-corrected chi connectivity index (χ1v) is 7.50. The second-order valence-electron chi connectivity index (χ2n) is 5.98. The van der Waals surface area contributed by atoms with Gasteiger partial charge in [-0.15, -0.1) is 0 Å².